The number of rotatable bonds is 2. The van der Waals surface area contributed by atoms with Gasteiger partial charge in [0.1, 0.15) is 5.82 Å². The summed E-state index contributed by atoms with van der Waals surface area (Å²) in [5.74, 6) is -0.156. The Morgan fingerprint density at radius 3 is 2.54 bits per heavy atom. The van der Waals surface area contributed by atoms with Crippen molar-refractivity contribution in [2.75, 3.05) is 39.8 Å². The lowest BCUT2D eigenvalue weighted by Gasteiger charge is -2.54. The van der Waals surface area contributed by atoms with Gasteiger partial charge in [-0.05, 0) is 76.4 Å². The minimum Gasteiger partial charge on any atom is -0.342 e. The van der Waals surface area contributed by atoms with Crippen LogP contribution in [0.2, 0.25) is 0 Å². The molecule has 0 N–H and O–H groups in total. The number of carbonyl (C=O) groups is 2. The largest absolute Gasteiger partial charge is 0.342 e. The average Bonchev–Trinajstić information content (AvgIpc) is 3.21. The first kappa shape index (κ1) is 19.4. The number of piperidine rings is 2. The van der Waals surface area contributed by atoms with Crippen LogP contribution in [-0.4, -0.2) is 72.3 Å². The summed E-state index contributed by atoms with van der Waals surface area (Å²) in [6.07, 6.45) is 4.64. The van der Waals surface area contributed by atoms with Crippen molar-refractivity contribution in [3.05, 3.63) is 35.1 Å². The summed E-state index contributed by atoms with van der Waals surface area (Å²) in [6.45, 7) is 5.71. The molecule has 2 atom stereocenters. The van der Waals surface area contributed by atoms with E-state index in [0.29, 0.717) is 24.2 Å². The molecule has 0 spiro atoms. The lowest BCUT2D eigenvalue weighted by Crippen LogP contribution is -2.66. The quantitative estimate of drug-likeness (QED) is 0.784. The maximum absolute atomic E-state index is 13.6. The van der Waals surface area contributed by atoms with Crippen LogP contribution in [0.3, 0.4) is 0 Å². The van der Waals surface area contributed by atoms with E-state index >= 15 is 0 Å². The SMILES string of the molecule is Cc1cc(F)ccc1C(=O)N1CCC[C@@]2(C(=O)N3CCCC3)CCN(C)C[C@H]12. The van der Waals surface area contributed by atoms with Gasteiger partial charge in [-0.25, -0.2) is 4.39 Å². The predicted molar refractivity (Wildman–Crippen MR) is 106 cm³/mol. The van der Waals surface area contributed by atoms with Gasteiger partial charge in [0.2, 0.25) is 5.91 Å². The van der Waals surface area contributed by atoms with Crippen LogP contribution in [0, 0.1) is 18.2 Å². The van der Waals surface area contributed by atoms with E-state index in [0.717, 1.165) is 51.7 Å². The summed E-state index contributed by atoms with van der Waals surface area (Å²) in [5.41, 5.74) is 0.717. The Kier molecular flexibility index (Phi) is 5.17. The third-order valence-corrected chi connectivity index (χ3v) is 6.96. The van der Waals surface area contributed by atoms with Crippen molar-refractivity contribution in [1.29, 1.82) is 0 Å². The van der Waals surface area contributed by atoms with Crippen LogP contribution >= 0.6 is 0 Å². The molecule has 0 bridgehead atoms. The van der Waals surface area contributed by atoms with Crippen molar-refractivity contribution in [2.45, 2.75) is 45.1 Å². The third kappa shape index (κ3) is 3.21. The minimum atomic E-state index is -0.474. The number of hydrogen-bond acceptors (Lipinski definition) is 3. The fourth-order valence-corrected chi connectivity index (χ4v) is 5.38. The summed E-state index contributed by atoms with van der Waals surface area (Å²) in [7, 11) is 2.06. The van der Waals surface area contributed by atoms with Crippen LogP contribution in [0.15, 0.2) is 18.2 Å². The van der Waals surface area contributed by atoms with Crippen LogP contribution in [0.1, 0.15) is 48.0 Å². The fourth-order valence-electron chi connectivity index (χ4n) is 5.38. The normalized spacial score (nSPS) is 28.3. The highest BCUT2D eigenvalue weighted by Crippen LogP contribution is 2.44. The van der Waals surface area contributed by atoms with Gasteiger partial charge in [-0.3, -0.25) is 9.59 Å². The van der Waals surface area contributed by atoms with E-state index in [-0.39, 0.29) is 23.7 Å². The molecule has 0 unspecified atom stereocenters. The van der Waals surface area contributed by atoms with E-state index < -0.39 is 5.41 Å². The van der Waals surface area contributed by atoms with Gasteiger partial charge in [-0.2, -0.15) is 0 Å². The summed E-state index contributed by atoms with van der Waals surface area (Å²) >= 11 is 0. The highest BCUT2D eigenvalue weighted by Gasteiger charge is 2.54. The number of halogens is 1. The van der Waals surface area contributed by atoms with Gasteiger partial charge >= 0.3 is 0 Å². The van der Waals surface area contributed by atoms with E-state index in [9.17, 15) is 14.0 Å². The molecule has 3 heterocycles. The molecule has 6 heteroatoms. The van der Waals surface area contributed by atoms with Crippen LogP contribution in [0.25, 0.3) is 0 Å². The van der Waals surface area contributed by atoms with Crippen molar-refractivity contribution in [3.63, 3.8) is 0 Å². The van der Waals surface area contributed by atoms with Crippen molar-refractivity contribution in [1.82, 2.24) is 14.7 Å². The van der Waals surface area contributed by atoms with Gasteiger partial charge in [-0.15, -0.1) is 0 Å². The van der Waals surface area contributed by atoms with Crippen molar-refractivity contribution >= 4 is 11.8 Å². The number of fused-ring (bicyclic) bond motifs is 1. The Morgan fingerprint density at radius 2 is 1.82 bits per heavy atom. The standard InChI is InChI=1S/C22H30FN3O2/c1-16-14-17(23)6-7-18(16)20(27)26-12-5-8-22(9-13-24(2)15-19(22)26)21(28)25-10-3-4-11-25/h6-7,14,19H,3-5,8-13,15H2,1-2H3/t19-,22+/m0/s1. The number of aryl methyl sites for hydroxylation is 1. The minimum absolute atomic E-state index is 0.0731. The molecule has 4 rings (SSSR count). The van der Waals surface area contributed by atoms with E-state index in [2.05, 4.69) is 11.9 Å². The molecule has 0 radical (unpaired) electrons. The molecule has 5 nitrogen and oxygen atoms in total. The predicted octanol–water partition coefficient (Wildman–Crippen LogP) is 2.68. The van der Waals surface area contributed by atoms with Gasteiger partial charge in [0.05, 0.1) is 11.5 Å². The van der Waals surface area contributed by atoms with Crippen molar-refractivity contribution < 1.29 is 14.0 Å². The second kappa shape index (κ2) is 7.47. The summed E-state index contributed by atoms with van der Waals surface area (Å²) in [6, 6.07) is 4.22. The highest BCUT2D eigenvalue weighted by molar-refractivity contribution is 5.97. The summed E-state index contributed by atoms with van der Waals surface area (Å²) in [5, 5.41) is 0. The lowest BCUT2D eigenvalue weighted by molar-refractivity contribution is -0.152. The number of likely N-dealkylation sites (tertiary alicyclic amines) is 3. The molecule has 3 saturated heterocycles. The Bertz CT molecular complexity index is 777. The highest BCUT2D eigenvalue weighted by atomic mass is 19.1. The van der Waals surface area contributed by atoms with E-state index in [1.165, 1.54) is 12.1 Å². The Morgan fingerprint density at radius 1 is 1.07 bits per heavy atom. The van der Waals surface area contributed by atoms with Gasteiger partial charge in [0.15, 0.2) is 0 Å². The number of nitrogens with zero attached hydrogens (tertiary/aromatic N) is 3. The van der Waals surface area contributed by atoms with Gasteiger partial charge in [0, 0.05) is 31.7 Å². The van der Waals surface area contributed by atoms with Gasteiger partial charge in [-0.1, -0.05) is 0 Å². The zero-order valence-corrected chi connectivity index (χ0v) is 16.9. The lowest BCUT2D eigenvalue weighted by atomic mass is 9.67. The average molecular weight is 387 g/mol. The van der Waals surface area contributed by atoms with Crippen molar-refractivity contribution in [2.24, 2.45) is 5.41 Å². The Labute approximate surface area is 166 Å². The third-order valence-electron chi connectivity index (χ3n) is 6.96. The molecular formula is C22H30FN3O2. The second-order valence-corrected chi connectivity index (χ2v) is 8.74. The molecule has 0 saturated carbocycles. The maximum Gasteiger partial charge on any atom is 0.254 e. The molecule has 28 heavy (non-hydrogen) atoms. The summed E-state index contributed by atoms with van der Waals surface area (Å²) in [4.78, 5) is 33.2. The van der Waals surface area contributed by atoms with Crippen LogP contribution < -0.4 is 0 Å². The molecule has 3 aliphatic rings. The zero-order valence-electron chi connectivity index (χ0n) is 16.9. The first-order chi connectivity index (χ1) is 13.4. The van der Waals surface area contributed by atoms with E-state index in [1.54, 1.807) is 13.0 Å². The number of amides is 2. The zero-order chi connectivity index (χ0) is 19.9. The number of hydrogen-bond donors (Lipinski definition) is 0. The van der Waals surface area contributed by atoms with Crippen molar-refractivity contribution in [3.8, 4) is 0 Å². The van der Waals surface area contributed by atoms with Crippen LogP contribution in [0.5, 0.6) is 0 Å². The van der Waals surface area contributed by atoms with Crippen LogP contribution in [0.4, 0.5) is 4.39 Å². The molecule has 0 aromatic heterocycles. The topological polar surface area (TPSA) is 43.9 Å². The molecule has 152 valence electrons. The maximum atomic E-state index is 13.6. The first-order valence-corrected chi connectivity index (χ1v) is 10.5. The molecule has 2 amide bonds. The van der Waals surface area contributed by atoms with Crippen LogP contribution in [-0.2, 0) is 4.79 Å². The Balaban J connectivity index is 1.68. The summed E-state index contributed by atoms with van der Waals surface area (Å²) < 4.78 is 13.5. The van der Waals surface area contributed by atoms with E-state index in [1.807, 2.05) is 9.80 Å². The molecule has 1 aromatic rings. The molecule has 0 aliphatic carbocycles. The molecular weight excluding hydrogens is 357 g/mol. The Hall–Kier alpha value is -1.95. The van der Waals surface area contributed by atoms with E-state index in [4.69, 9.17) is 0 Å². The molecule has 3 aliphatic heterocycles. The monoisotopic (exact) mass is 387 g/mol. The first-order valence-electron chi connectivity index (χ1n) is 10.5. The number of likely N-dealkylation sites (N-methyl/N-ethyl adjacent to an activating group) is 1. The number of carbonyl (C=O) groups excluding carboxylic acids is 2. The van der Waals surface area contributed by atoms with Gasteiger partial charge in [0.25, 0.3) is 5.91 Å². The smallest absolute Gasteiger partial charge is 0.254 e. The molecule has 3 fully saturated rings. The molecule has 1 aromatic carbocycles. The number of benzene rings is 1. The van der Waals surface area contributed by atoms with Gasteiger partial charge < -0.3 is 14.7 Å². The second-order valence-electron chi connectivity index (χ2n) is 8.74. The fraction of sp³-hybridized carbons (Fsp3) is 0.636.